The van der Waals surface area contributed by atoms with Crippen molar-refractivity contribution in [3.05, 3.63) is 29.7 Å². The van der Waals surface area contributed by atoms with E-state index >= 15 is 0 Å². The molecule has 0 atom stereocenters. The molecule has 0 bridgehead atoms. The Labute approximate surface area is 133 Å². The molecule has 0 spiro atoms. The fraction of sp³-hybridized carbons (Fsp3) is 0.467. The van der Waals surface area contributed by atoms with Gasteiger partial charge in [-0.25, -0.2) is 14.6 Å². The number of aromatic nitrogens is 4. The van der Waals surface area contributed by atoms with E-state index < -0.39 is 0 Å². The van der Waals surface area contributed by atoms with Gasteiger partial charge in [0.15, 0.2) is 5.69 Å². The monoisotopic (exact) mass is 314 g/mol. The van der Waals surface area contributed by atoms with Crippen molar-refractivity contribution in [3.63, 3.8) is 0 Å². The van der Waals surface area contributed by atoms with Gasteiger partial charge in [0.2, 0.25) is 11.8 Å². The van der Waals surface area contributed by atoms with E-state index in [0.29, 0.717) is 37.9 Å². The molecule has 23 heavy (non-hydrogen) atoms. The Morgan fingerprint density at radius 3 is 2.57 bits per heavy atom. The Balaban J connectivity index is 1.45. The first-order chi connectivity index (χ1) is 11.2. The normalized spacial score (nSPS) is 17.1. The van der Waals surface area contributed by atoms with Gasteiger partial charge < -0.3 is 14.5 Å². The molecule has 0 aliphatic carbocycles. The van der Waals surface area contributed by atoms with E-state index in [1.807, 2.05) is 11.8 Å². The van der Waals surface area contributed by atoms with Crippen molar-refractivity contribution in [2.75, 3.05) is 37.7 Å². The SMILES string of the molecule is Cc1c(C(=O)N2CCN(c3ncccn3)CC2)nn2c1OCC2. The molecule has 0 N–H and O–H groups in total. The summed E-state index contributed by atoms with van der Waals surface area (Å²) < 4.78 is 7.30. The standard InChI is InChI=1S/C15H18N6O2/c1-11-12(18-21-9-10-23-14(11)21)13(22)19-5-7-20(8-6-19)15-16-3-2-4-17-15/h2-4H,5-10H2,1H3. The lowest BCUT2D eigenvalue weighted by atomic mass is 10.2. The van der Waals surface area contributed by atoms with Crippen LogP contribution in [-0.2, 0) is 6.54 Å². The molecule has 4 rings (SSSR count). The Morgan fingerprint density at radius 1 is 1.13 bits per heavy atom. The quantitative estimate of drug-likeness (QED) is 0.795. The van der Waals surface area contributed by atoms with Gasteiger partial charge >= 0.3 is 0 Å². The molecule has 8 nitrogen and oxygen atoms in total. The third-order valence-corrected chi connectivity index (χ3v) is 4.28. The summed E-state index contributed by atoms with van der Waals surface area (Å²) in [6, 6.07) is 1.80. The van der Waals surface area contributed by atoms with Crippen LogP contribution in [0.2, 0.25) is 0 Å². The smallest absolute Gasteiger partial charge is 0.274 e. The van der Waals surface area contributed by atoms with Crippen LogP contribution in [0.5, 0.6) is 5.88 Å². The maximum Gasteiger partial charge on any atom is 0.274 e. The molecule has 2 aliphatic rings. The summed E-state index contributed by atoms with van der Waals surface area (Å²) >= 11 is 0. The van der Waals surface area contributed by atoms with Crippen LogP contribution in [0.1, 0.15) is 16.1 Å². The van der Waals surface area contributed by atoms with Gasteiger partial charge in [0.05, 0.1) is 6.54 Å². The first kappa shape index (κ1) is 14.0. The molecule has 0 aromatic carbocycles. The molecule has 2 aromatic heterocycles. The molecule has 1 fully saturated rings. The summed E-state index contributed by atoms with van der Waals surface area (Å²) in [4.78, 5) is 25.2. The average Bonchev–Trinajstić information content (AvgIpc) is 3.18. The maximum atomic E-state index is 12.7. The lowest BCUT2D eigenvalue weighted by molar-refractivity contribution is 0.0738. The van der Waals surface area contributed by atoms with Crippen molar-refractivity contribution in [2.24, 2.45) is 0 Å². The molecular formula is C15H18N6O2. The third-order valence-electron chi connectivity index (χ3n) is 4.28. The number of nitrogens with zero attached hydrogens (tertiary/aromatic N) is 6. The number of carbonyl (C=O) groups is 1. The van der Waals surface area contributed by atoms with E-state index in [9.17, 15) is 4.79 Å². The zero-order chi connectivity index (χ0) is 15.8. The predicted octanol–water partition coefficient (Wildman–Crippen LogP) is 0.336. The Kier molecular flexibility index (Phi) is 3.36. The maximum absolute atomic E-state index is 12.7. The number of ether oxygens (including phenoxy) is 1. The molecule has 4 heterocycles. The largest absolute Gasteiger partial charge is 0.476 e. The van der Waals surface area contributed by atoms with Crippen molar-refractivity contribution in [2.45, 2.75) is 13.5 Å². The Hall–Kier alpha value is -2.64. The molecule has 2 aromatic rings. The number of carbonyl (C=O) groups excluding carboxylic acids is 1. The zero-order valence-electron chi connectivity index (χ0n) is 13.0. The van der Waals surface area contributed by atoms with Gasteiger partial charge in [-0.1, -0.05) is 0 Å². The number of fused-ring (bicyclic) bond motifs is 1. The van der Waals surface area contributed by atoms with Crippen molar-refractivity contribution >= 4 is 11.9 Å². The number of hydrogen-bond donors (Lipinski definition) is 0. The molecule has 1 saturated heterocycles. The van der Waals surface area contributed by atoms with Crippen molar-refractivity contribution in [1.82, 2.24) is 24.6 Å². The highest BCUT2D eigenvalue weighted by Crippen LogP contribution is 2.26. The van der Waals surface area contributed by atoms with Crippen molar-refractivity contribution in [1.29, 1.82) is 0 Å². The summed E-state index contributed by atoms with van der Waals surface area (Å²) in [5.74, 6) is 1.41. The summed E-state index contributed by atoms with van der Waals surface area (Å²) in [7, 11) is 0. The second kappa shape index (κ2) is 5.53. The molecule has 120 valence electrons. The van der Waals surface area contributed by atoms with Gasteiger partial charge in [-0.05, 0) is 13.0 Å². The highest BCUT2D eigenvalue weighted by Gasteiger charge is 2.29. The molecule has 1 amide bonds. The van der Waals surface area contributed by atoms with Gasteiger partial charge in [0.25, 0.3) is 5.91 Å². The number of anilines is 1. The first-order valence-electron chi connectivity index (χ1n) is 7.75. The van der Waals surface area contributed by atoms with E-state index in [0.717, 1.165) is 24.5 Å². The molecule has 0 radical (unpaired) electrons. The number of hydrogen-bond acceptors (Lipinski definition) is 6. The number of rotatable bonds is 2. The zero-order valence-corrected chi connectivity index (χ0v) is 13.0. The molecular weight excluding hydrogens is 296 g/mol. The Morgan fingerprint density at radius 2 is 1.87 bits per heavy atom. The molecule has 0 saturated carbocycles. The van der Waals surface area contributed by atoms with Crippen molar-refractivity contribution in [3.8, 4) is 5.88 Å². The summed E-state index contributed by atoms with van der Waals surface area (Å²) in [6.07, 6.45) is 3.46. The highest BCUT2D eigenvalue weighted by atomic mass is 16.5. The summed E-state index contributed by atoms with van der Waals surface area (Å²) in [5, 5.41) is 4.40. The second-order valence-electron chi connectivity index (χ2n) is 5.68. The minimum atomic E-state index is -0.0263. The van der Waals surface area contributed by atoms with Crippen LogP contribution in [0.25, 0.3) is 0 Å². The van der Waals surface area contributed by atoms with Crippen molar-refractivity contribution < 1.29 is 9.53 Å². The van der Waals surface area contributed by atoms with Gasteiger partial charge in [-0.15, -0.1) is 0 Å². The minimum Gasteiger partial charge on any atom is -0.476 e. The average molecular weight is 314 g/mol. The first-order valence-corrected chi connectivity index (χ1v) is 7.75. The number of piperazine rings is 1. The van der Waals surface area contributed by atoms with Crippen LogP contribution in [0.15, 0.2) is 18.5 Å². The fourth-order valence-electron chi connectivity index (χ4n) is 3.02. The predicted molar refractivity (Wildman–Crippen MR) is 82.6 cm³/mol. The lowest BCUT2D eigenvalue weighted by Gasteiger charge is -2.34. The highest BCUT2D eigenvalue weighted by molar-refractivity contribution is 5.94. The number of amides is 1. The van der Waals surface area contributed by atoms with Crippen LogP contribution in [0, 0.1) is 6.92 Å². The van der Waals surface area contributed by atoms with Crippen LogP contribution in [0.4, 0.5) is 5.95 Å². The van der Waals surface area contributed by atoms with E-state index in [1.54, 1.807) is 23.1 Å². The lowest BCUT2D eigenvalue weighted by Crippen LogP contribution is -2.49. The molecule has 8 heteroatoms. The summed E-state index contributed by atoms with van der Waals surface area (Å²) in [5.41, 5.74) is 1.34. The van der Waals surface area contributed by atoms with E-state index in [4.69, 9.17) is 4.74 Å². The fourth-order valence-corrected chi connectivity index (χ4v) is 3.02. The van der Waals surface area contributed by atoms with Crippen LogP contribution < -0.4 is 9.64 Å². The van der Waals surface area contributed by atoms with Crippen LogP contribution in [0.3, 0.4) is 0 Å². The van der Waals surface area contributed by atoms with Gasteiger partial charge in [0.1, 0.15) is 6.61 Å². The second-order valence-corrected chi connectivity index (χ2v) is 5.68. The van der Waals surface area contributed by atoms with E-state index in [2.05, 4.69) is 20.0 Å². The van der Waals surface area contributed by atoms with Gasteiger partial charge in [0, 0.05) is 44.1 Å². The Bertz CT molecular complexity index is 721. The minimum absolute atomic E-state index is 0.0263. The van der Waals surface area contributed by atoms with E-state index in [1.165, 1.54) is 0 Å². The molecule has 0 unspecified atom stereocenters. The van der Waals surface area contributed by atoms with Crippen LogP contribution in [-0.4, -0.2) is 63.3 Å². The third kappa shape index (κ3) is 2.39. The summed E-state index contributed by atoms with van der Waals surface area (Å²) in [6.45, 7) is 5.96. The topological polar surface area (TPSA) is 76.4 Å². The van der Waals surface area contributed by atoms with Crippen LogP contribution >= 0.6 is 0 Å². The van der Waals surface area contributed by atoms with E-state index in [-0.39, 0.29) is 5.91 Å². The molecule has 2 aliphatic heterocycles. The van der Waals surface area contributed by atoms with Gasteiger partial charge in [-0.2, -0.15) is 5.10 Å². The van der Waals surface area contributed by atoms with Gasteiger partial charge in [-0.3, -0.25) is 4.79 Å².